The fourth-order valence-electron chi connectivity index (χ4n) is 14.1. The highest BCUT2D eigenvalue weighted by molar-refractivity contribution is 6.13. The van der Waals surface area contributed by atoms with Gasteiger partial charge in [-0.05, 0) is 209 Å². The number of carbonyl (C=O) groups is 6. The number of rotatable bonds is 21. The van der Waals surface area contributed by atoms with Crippen molar-refractivity contribution >= 4 is 103 Å². The van der Waals surface area contributed by atoms with Crippen LogP contribution < -0.4 is 37.9 Å². The van der Waals surface area contributed by atoms with Crippen LogP contribution in [-0.4, -0.2) is 42.6 Å². The standard InChI is InChI=1S/C53H38O6.C52H34O8/c54-48(58-44-13-3-1-4-14-44)29-27-36-19-23-38(24-20-36)31-42-33-40-11-7-9-17-46(40)50-51-47-18-10-8-12-41(47)34-43(53(51)57-35-56-52(42)50)32-39-25-21-37(22-26-39)28-30-49(55)59-45-15-5-2-6-16-45;53-47(57-41-13-3-1-4-14-41)33-23-35-19-25-39(26-20-35)51(55)59-45-31-29-37-11-7-9-17-43(37)49(45)50-44-18-10-8-12-38(44)30-32-46(50)60-52(56)40-27-21-36(22-28-40)24-34-48(54)58-42-15-5-2-6-16-42/h1-30,33-34H,31-32,35H2;1-34H/b29-27-,30-28-;33-23-,34-24-. The van der Waals surface area contributed by atoms with Crippen LogP contribution in [0.25, 0.3) is 89.6 Å². The predicted molar refractivity (Wildman–Crippen MR) is 466 cm³/mol. The van der Waals surface area contributed by atoms with Gasteiger partial charge in [-0.15, -0.1) is 0 Å². The summed E-state index contributed by atoms with van der Waals surface area (Å²) in [7, 11) is 0. The Morgan fingerprint density at radius 2 is 0.529 bits per heavy atom. The molecule has 0 atom stereocenters. The molecule has 0 saturated carbocycles. The first kappa shape index (κ1) is 76.9. The Bertz CT molecular complexity index is 6180. The molecule has 0 radical (unpaired) electrons. The minimum atomic E-state index is -0.605. The van der Waals surface area contributed by atoms with Crippen molar-refractivity contribution in [1.82, 2.24) is 0 Å². The number of fused-ring (bicyclic) bond motifs is 9. The van der Waals surface area contributed by atoms with Crippen molar-refractivity contribution in [2.24, 2.45) is 0 Å². The number of para-hydroxylation sites is 4. The Balaban J connectivity index is 0.000000178. The minimum absolute atomic E-state index is 0.0578. The van der Waals surface area contributed by atoms with Crippen LogP contribution in [0.2, 0.25) is 0 Å². The number of hydrogen-bond donors (Lipinski definition) is 0. The molecule has 0 saturated heterocycles. The SMILES string of the molecule is O=C(/C=C\c1ccc(C(=O)Oc2ccc3ccccc3c2-c2c(OC(=O)c3ccc(/C=C\C(=O)Oc4ccccc4)cc3)ccc3ccccc23)cc1)Oc1ccccc1.O=C(/C=C\c1ccc(Cc2cc3ccccc3c3c2OCOc2c(Cc4ccc(/C=C\C(=O)Oc5ccccc5)cc4)cc4ccccc4c2-3)cc1)Oc1ccccc1. The molecule has 1 aliphatic rings. The smallest absolute Gasteiger partial charge is 0.343 e. The number of esters is 6. The molecule has 0 amide bonds. The first-order valence-electron chi connectivity index (χ1n) is 38.4. The van der Waals surface area contributed by atoms with E-state index in [0.717, 1.165) is 99.1 Å². The van der Waals surface area contributed by atoms with Crippen LogP contribution in [0, 0.1) is 0 Å². The van der Waals surface area contributed by atoms with Crippen LogP contribution in [0.15, 0.2) is 376 Å². The first-order valence-corrected chi connectivity index (χ1v) is 38.4. The van der Waals surface area contributed by atoms with Gasteiger partial charge in [0.25, 0.3) is 0 Å². The zero-order valence-electron chi connectivity index (χ0n) is 63.9. The highest BCUT2D eigenvalue weighted by Crippen LogP contribution is 2.51. The summed E-state index contributed by atoms with van der Waals surface area (Å²) in [6.07, 6.45) is 13.5. The Hall–Kier alpha value is -16.1. The van der Waals surface area contributed by atoms with Gasteiger partial charge in [0.15, 0.2) is 0 Å². The van der Waals surface area contributed by atoms with Gasteiger partial charge in [0.05, 0.1) is 11.1 Å². The molecule has 1 aliphatic heterocycles. The van der Waals surface area contributed by atoms with E-state index in [9.17, 15) is 28.8 Å². The molecular formula is C105H72O14. The van der Waals surface area contributed by atoms with E-state index < -0.39 is 35.8 Å². The second kappa shape index (κ2) is 36.4. The maximum absolute atomic E-state index is 13.8. The van der Waals surface area contributed by atoms with E-state index in [0.29, 0.717) is 58.1 Å². The van der Waals surface area contributed by atoms with Gasteiger partial charge in [-0.3, -0.25) is 0 Å². The largest absolute Gasteiger partial charge is 0.457 e. The van der Waals surface area contributed by atoms with E-state index in [1.165, 1.54) is 24.3 Å². The van der Waals surface area contributed by atoms with Crippen LogP contribution in [0.4, 0.5) is 0 Å². The zero-order chi connectivity index (χ0) is 81.2. The molecule has 1 heterocycles. The lowest BCUT2D eigenvalue weighted by atomic mass is 9.86. The third-order valence-electron chi connectivity index (χ3n) is 19.8. The predicted octanol–water partition coefficient (Wildman–Crippen LogP) is 23.1. The molecule has 0 aromatic heterocycles. The fourth-order valence-corrected chi connectivity index (χ4v) is 14.1. The number of carbonyl (C=O) groups excluding carboxylic acids is 6. The second-order valence-corrected chi connectivity index (χ2v) is 27.8. The van der Waals surface area contributed by atoms with Crippen molar-refractivity contribution in [3.05, 3.63) is 432 Å². The Labute approximate surface area is 685 Å². The van der Waals surface area contributed by atoms with Crippen molar-refractivity contribution in [3.8, 4) is 68.2 Å². The van der Waals surface area contributed by atoms with E-state index in [-0.39, 0.29) is 29.4 Å². The molecule has 0 N–H and O–H groups in total. The normalized spacial score (nSPS) is 11.6. The van der Waals surface area contributed by atoms with Gasteiger partial charge in [0.1, 0.15) is 46.0 Å². The summed E-state index contributed by atoms with van der Waals surface area (Å²) >= 11 is 0. The molecule has 0 unspecified atom stereocenters. The lowest BCUT2D eigenvalue weighted by Gasteiger charge is -2.19. The Morgan fingerprint density at radius 1 is 0.261 bits per heavy atom. The third-order valence-corrected chi connectivity index (χ3v) is 19.8. The highest BCUT2D eigenvalue weighted by Gasteiger charge is 2.29. The van der Waals surface area contributed by atoms with Gasteiger partial charge < -0.3 is 37.9 Å². The maximum Gasteiger partial charge on any atom is 0.343 e. The average Bonchev–Trinajstić information content (AvgIpc) is 1.73. The van der Waals surface area contributed by atoms with Gasteiger partial charge in [-0.1, -0.05) is 255 Å². The summed E-state index contributed by atoms with van der Waals surface area (Å²) in [6, 6.07) is 109. The quantitative estimate of drug-likeness (QED) is 0.0377. The fraction of sp³-hybridized carbons (Fsp3) is 0.0286. The van der Waals surface area contributed by atoms with Gasteiger partial charge in [-0.25, -0.2) is 28.8 Å². The molecule has 0 aliphatic carbocycles. The zero-order valence-corrected chi connectivity index (χ0v) is 63.9. The number of benzene rings is 16. The Morgan fingerprint density at radius 3 is 0.840 bits per heavy atom. The molecular weight excluding hydrogens is 1490 g/mol. The summed E-state index contributed by atoms with van der Waals surface area (Å²) in [5.41, 5.74) is 11.2. The highest BCUT2D eigenvalue weighted by atomic mass is 16.7. The number of hydrogen-bond acceptors (Lipinski definition) is 14. The lowest BCUT2D eigenvalue weighted by molar-refractivity contribution is -0.129. The van der Waals surface area contributed by atoms with Crippen LogP contribution in [0.5, 0.6) is 46.0 Å². The minimum Gasteiger partial charge on any atom is -0.457 e. The monoisotopic (exact) mass is 1560 g/mol. The summed E-state index contributed by atoms with van der Waals surface area (Å²) < 4.78 is 47.0. The molecule has 119 heavy (non-hydrogen) atoms. The van der Waals surface area contributed by atoms with Crippen molar-refractivity contribution in [2.45, 2.75) is 12.8 Å². The summed E-state index contributed by atoms with van der Waals surface area (Å²) in [4.78, 5) is 77.0. The first-order chi connectivity index (χ1) is 58.4. The van der Waals surface area contributed by atoms with Crippen molar-refractivity contribution < 1.29 is 66.7 Å². The topological polar surface area (TPSA) is 176 Å². The van der Waals surface area contributed by atoms with Crippen molar-refractivity contribution in [3.63, 3.8) is 0 Å². The summed E-state index contributed by atoms with van der Waals surface area (Å²) in [5.74, 6) is 0.900. The van der Waals surface area contributed by atoms with E-state index in [2.05, 4.69) is 84.9 Å². The Kier molecular flexibility index (Phi) is 23.5. The molecule has 0 spiro atoms. The van der Waals surface area contributed by atoms with Crippen LogP contribution >= 0.6 is 0 Å². The molecule has 14 nitrogen and oxygen atoms in total. The van der Waals surface area contributed by atoms with Gasteiger partial charge in [-0.2, -0.15) is 0 Å². The van der Waals surface area contributed by atoms with E-state index in [1.54, 1.807) is 158 Å². The molecule has 0 fully saturated rings. The van der Waals surface area contributed by atoms with E-state index in [1.807, 2.05) is 133 Å². The molecule has 576 valence electrons. The van der Waals surface area contributed by atoms with Crippen LogP contribution in [0.3, 0.4) is 0 Å². The van der Waals surface area contributed by atoms with Gasteiger partial charge >= 0.3 is 35.8 Å². The molecule has 16 aromatic rings. The van der Waals surface area contributed by atoms with E-state index >= 15 is 0 Å². The van der Waals surface area contributed by atoms with Gasteiger partial charge in [0.2, 0.25) is 6.79 Å². The van der Waals surface area contributed by atoms with Crippen molar-refractivity contribution in [1.29, 1.82) is 0 Å². The summed E-state index contributed by atoms with van der Waals surface area (Å²) in [5, 5.41) is 7.73. The third kappa shape index (κ3) is 18.9. The van der Waals surface area contributed by atoms with Gasteiger partial charge in [0, 0.05) is 59.4 Å². The van der Waals surface area contributed by atoms with Crippen LogP contribution in [-0.2, 0) is 32.0 Å². The average molecular weight is 1560 g/mol. The van der Waals surface area contributed by atoms with Crippen LogP contribution in [0.1, 0.15) is 65.2 Å². The van der Waals surface area contributed by atoms with E-state index in [4.69, 9.17) is 37.9 Å². The second-order valence-electron chi connectivity index (χ2n) is 27.8. The molecule has 14 heteroatoms. The maximum atomic E-state index is 13.8. The molecule has 0 bridgehead atoms. The number of ether oxygens (including phenoxy) is 8. The molecule has 17 rings (SSSR count). The molecule has 16 aromatic carbocycles. The van der Waals surface area contributed by atoms with Crippen molar-refractivity contribution in [2.75, 3.05) is 6.79 Å². The summed E-state index contributed by atoms with van der Waals surface area (Å²) in [6.45, 7) is 0.0578. The lowest BCUT2D eigenvalue weighted by Crippen LogP contribution is -2.11.